The highest BCUT2D eigenvalue weighted by Gasteiger charge is 2.09. The molecule has 2 nitrogen and oxygen atoms in total. The molecule has 82 valence electrons. The van der Waals surface area contributed by atoms with E-state index >= 15 is 0 Å². The lowest BCUT2D eigenvalue weighted by atomic mass is 10.1. The number of benzene rings is 1. The summed E-state index contributed by atoms with van der Waals surface area (Å²) in [4.78, 5) is 11.7. The van der Waals surface area contributed by atoms with Crippen LogP contribution >= 0.6 is 27.3 Å². The zero-order valence-corrected chi connectivity index (χ0v) is 10.7. The highest BCUT2D eigenvalue weighted by atomic mass is 79.9. The van der Waals surface area contributed by atoms with Gasteiger partial charge in [0.1, 0.15) is 0 Å². The molecule has 2 aromatic rings. The molecule has 1 N–H and O–H groups in total. The summed E-state index contributed by atoms with van der Waals surface area (Å²) in [6.45, 7) is 0. The second kappa shape index (κ2) is 4.80. The molecule has 2 rings (SSSR count). The van der Waals surface area contributed by atoms with E-state index in [2.05, 4.69) is 15.9 Å². The first-order valence-electron chi connectivity index (χ1n) is 4.71. The molecule has 0 aliphatic rings. The molecule has 0 aliphatic heterocycles. The summed E-state index contributed by atoms with van der Waals surface area (Å²) in [6.07, 6.45) is 0.0783. The van der Waals surface area contributed by atoms with E-state index in [0.29, 0.717) is 0 Å². The van der Waals surface area contributed by atoms with Crippen LogP contribution in [0.1, 0.15) is 5.56 Å². The molecule has 1 aromatic carbocycles. The van der Waals surface area contributed by atoms with Crippen LogP contribution in [-0.4, -0.2) is 11.1 Å². The van der Waals surface area contributed by atoms with Gasteiger partial charge in [0.05, 0.1) is 6.42 Å². The number of halogens is 1. The smallest absolute Gasteiger partial charge is 0.307 e. The number of carboxylic acids is 1. The van der Waals surface area contributed by atoms with Crippen molar-refractivity contribution in [1.29, 1.82) is 0 Å². The lowest BCUT2D eigenvalue weighted by Gasteiger charge is -2.01. The fourth-order valence-corrected chi connectivity index (χ4v) is 2.69. The van der Waals surface area contributed by atoms with Gasteiger partial charge in [0.15, 0.2) is 0 Å². The van der Waals surface area contributed by atoms with E-state index in [0.717, 1.165) is 20.5 Å². The Hall–Kier alpha value is -1.13. The van der Waals surface area contributed by atoms with Gasteiger partial charge in [-0.2, -0.15) is 0 Å². The van der Waals surface area contributed by atoms with E-state index in [1.807, 2.05) is 35.7 Å². The Morgan fingerprint density at radius 2 is 1.94 bits per heavy atom. The Morgan fingerprint density at radius 1 is 1.25 bits per heavy atom. The van der Waals surface area contributed by atoms with Crippen LogP contribution in [0.4, 0.5) is 0 Å². The van der Waals surface area contributed by atoms with E-state index in [1.54, 1.807) is 11.3 Å². The largest absolute Gasteiger partial charge is 0.481 e. The minimum absolute atomic E-state index is 0.0783. The standard InChI is InChI=1S/C12H9BrO2S/c13-10-3-1-8(2-4-10)12-9(5-6-16-12)7-11(14)15/h1-6H,7H2,(H,14,15). The maximum absolute atomic E-state index is 10.7. The van der Waals surface area contributed by atoms with Crippen molar-refractivity contribution < 1.29 is 9.90 Å². The number of thiophene rings is 1. The third kappa shape index (κ3) is 2.51. The molecule has 4 heteroatoms. The SMILES string of the molecule is O=C(O)Cc1ccsc1-c1ccc(Br)cc1. The Labute approximate surface area is 106 Å². The van der Waals surface area contributed by atoms with Crippen LogP contribution in [0.15, 0.2) is 40.2 Å². The predicted octanol–water partition coefficient (Wildman–Crippen LogP) is 3.80. The van der Waals surface area contributed by atoms with E-state index in [-0.39, 0.29) is 6.42 Å². The van der Waals surface area contributed by atoms with E-state index in [9.17, 15) is 4.79 Å². The first kappa shape index (κ1) is 11.4. The van der Waals surface area contributed by atoms with Crippen molar-refractivity contribution in [2.75, 3.05) is 0 Å². The molecular weight excluding hydrogens is 288 g/mol. The van der Waals surface area contributed by atoms with Crippen molar-refractivity contribution in [3.8, 4) is 10.4 Å². The predicted molar refractivity (Wildman–Crippen MR) is 68.8 cm³/mol. The van der Waals surface area contributed by atoms with Gasteiger partial charge in [-0.1, -0.05) is 28.1 Å². The number of carboxylic acid groups (broad SMARTS) is 1. The van der Waals surface area contributed by atoms with Crippen LogP contribution < -0.4 is 0 Å². The van der Waals surface area contributed by atoms with E-state index < -0.39 is 5.97 Å². The van der Waals surface area contributed by atoms with E-state index in [4.69, 9.17) is 5.11 Å². The molecule has 0 fully saturated rings. The van der Waals surface area contributed by atoms with Gasteiger partial charge < -0.3 is 5.11 Å². The van der Waals surface area contributed by atoms with Crippen molar-refractivity contribution in [3.63, 3.8) is 0 Å². The minimum Gasteiger partial charge on any atom is -0.481 e. The van der Waals surface area contributed by atoms with Crippen LogP contribution in [0.25, 0.3) is 10.4 Å². The molecule has 0 unspecified atom stereocenters. The maximum Gasteiger partial charge on any atom is 0.307 e. The molecule has 1 aromatic heterocycles. The highest BCUT2D eigenvalue weighted by Crippen LogP contribution is 2.30. The summed E-state index contributed by atoms with van der Waals surface area (Å²) in [5, 5.41) is 10.7. The molecule has 0 radical (unpaired) electrons. The van der Waals surface area contributed by atoms with Gasteiger partial charge in [-0.05, 0) is 34.7 Å². The number of carbonyl (C=O) groups is 1. The zero-order valence-electron chi connectivity index (χ0n) is 8.31. The summed E-state index contributed by atoms with van der Waals surface area (Å²) in [6, 6.07) is 9.76. The van der Waals surface area contributed by atoms with Gasteiger partial charge >= 0.3 is 5.97 Å². The Morgan fingerprint density at radius 3 is 2.56 bits per heavy atom. The van der Waals surface area contributed by atoms with Crippen molar-refractivity contribution in [2.24, 2.45) is 0 Å². The molecule has 0 saturated carbocycles. The van der Waals surface area contributed by atoms with Gasteiger partial charge in [0, 0.05) is 9.35 Å². The summed E-state index contributed by atoms with van der Waals surface area (Å²) in [5.74, 6) is -0.795. The summed E-state index contributed by atoms with van der Waals surface area (Å²) < 4.78 is 1.02. The number of rotatable bonds is 3. The van der Waals surface area contributed by atoms with Crippen LogP contribution in [0.3, 0.4) is 0 Å². The molecule has 0 aliphatic carbocycles. The Balaban J connectivity index is 2.36. The first-order valence-corrected chi connectivity index (χ1v) is 6.38. The summed E-state index contributed by atoms with van der Waals surface area (Å²) >= 11 is 4.95. The molecule has 0 bridgehead atoms. The molecule has 0 atom stereocenters. The van der Waals surface area contributed by atoms with Crippen molar-refractivity contribution >= 4 is 33.2 Å². The van der Waals surface area contributed by atoms with Crippen LogP contribution in [0.5, 0.6) is 0 Å². The molecule has 0 amide bonds. The Bertz CT molecular complexity index is 502. The lowest BCUT2D eigenvalue weighted by molar-refractivity contribution is -0.136. The third-order valence-corrected chi connectivity index (χ3v) is 3.73. The number of aliphatic carboxylic acids is 1. The van der Waals surface area contributed by atoms with Gasteiger partial charge in [0.25, 0.3) is 0 Å². The summed E-state index contributed by atoms with van der Waals surface area (Å²) in [5.41, 5.74) is 1.94. The van der Waals surface area contributed by atoms with Crippen LogP contribution in [0.2, 0.25) is 0 Å². The van der Waals surface area contributed by atoms with Crippen molar-refractivity contribution in [2.45, 2.75) is 6.42 Å². The zero-order chi connectivity index (χ0) is 11.5. The second-order valence-electron chi connectivity index (χ2n) is 3.35. The molecule has 16 heavy (non-hydrogen) atoms. The van der Waals surface area contributed by atoms with Crippen LogP contribution in [-0.2, 0) is 11.2 Å². The van der Waals surface area contributed by atoms with Gasteiger partial charge in [-0.15, -0.1) is 11.3 Å². The third-order valence-electron chi connectivity index (χ3n) is 2.19. The average molecular weight is 297 g/mol. The fourth-order valence-electron chi connectivity index (χ4n) is 1.49. The molecule has 0 spiro atoms. The lowest BCUT2D eigenvalue weighted by Crippen LogP contribution is -1.99. The minimum atomic E-state index is -0.795. The molecule has 0 saturated heterocycles. The van der Waals surface area contributed by atoms with Crippen molar-refractivity contribution in [3.05, 3.63) is 45.7 Å². The molecular formula is C12H9BrO2S. The number of hydrogen-bond acceptors (Lipinski definition) is 2. The van der Waals surface area contributed by atoms with Gasteiger partial charge in [0.2, 0.25) is 0 Å². The second-order valence-corrected chi connectivity index (χ2v) is 5.18. The number of hydrogen-bond donors (Lipinski definition) is 1. The highest BCUT2D eigenvalue weighted by molar-refractivity contribution is 9.10. The average Bonchev–Trinajstić information content (AvgIpc) is 2.66. The fraction of sp³-hybridized carbons (Fsp3) is 0.0833. The van der Waals surface area contributed by atoms with Gasteiger partial charge in [-0.3, -0.25) is 4.79 Å². The monoisotopic (exact) mass is 296 g/mol. The van der Waals surface area contributed by atoms with Crippen molar-refractivity contribution in [1.82, 2.24) is 0 Å². The quantitative estimate of drug-likeness (QED) is 0.935. The molecule has 1 heterocycles. The maximum atomic E-state index is 10.7. The van der Waals surface area contributed by atoms with Gasteiger partial charge in [-0.25, -0.2) is 0 Å². The first-order chi connectivity index (χ1) is 7.66. The topological polar surface area (TPSA) is 37.3 Å². The summed E-state index contributed by atoms with van der Waals surface area (Å²) in [7, 11) is 0. The Kier molecular flexibility index (Phi) is 3.41. The normalized spacial score (nSPS) is 10.3. The van der Waals surface area contributed by atoms with Crippen LogP contribution in [0, 0.1) is 0 Å². The van der Waals surface area contributed by atoms with E-state index in [1.165, 1.54) is 0 Å².